The number of allylic oxidation sites excluding steroid dienone is 1. The third-order valence-electron chi connectivity index (χ3n) is 12.0. The van der Waals surface area contributed by atoms with Gasteiger partial charge < -0.3 is 23.4 Å². The number of benzene rings is 1. The van der Waals surface area contributed by atoms with Crippen LogP contribution in [0.15, 0.2) is 43.0 Å². The minimum atomic E-state index is -2.24. The van der Waals surface area contributed by atoms with Crippen LogP contribution in [0, 0.1) is 22.7 Å². The maximum absolute atomic E-state index is 13.8. The van der Waals surface area contributed by atoms with Crippen LogP contribution in [0.25, 0.3) is 0 Å². The summed E-state index contributed by atoms with van der Waals surface area (Å²) in [5.41, 5.74) is -2.35. The Morgan fingerprint density at radius 1 is 1.12 bits per heavy atom. The smallest absolute Gasteiger partial charge is 0.426 e. The van der Waals surface area contributed by atoms with E-state index in [1.165, 1.54) is 0 Å². The van der Waals surface area contributed by atoms with Gasteiger partial charge in [0, 0.05) is 23.7 Å². The topological polar surface area (TPSA) is 80.3 Å². The van der Waals surface area contributed by atoms with E-state index in [1.54, 1.807) is 0 Å². The number of hydrogen-bond donors (Lipinski definition) is 0. The molecule has 1 spiro atoms. The highest BCUT2D eigenvalue weighted by molar-refractivity contribution is 6.74. The molecule has 0 amide bonds. The molecule has 4 fully saturated rings. The van der Waals surface area contributed by atoms with Gasteiger partial charge in [0.2, 0.25) is 0 Å². The first-order chi connectivity index (χ1) is 19.9. The number of rotatable bonds is 8. The Morgan fingerprint density at radius 2 is 1.79 bits per heavy atom. The second-order valence-electron chi connectivity index (χ2n) is 15.8. The Morgan fingerprint density at radius 3 is 2.37 bits per heavy atom. The van der Waals surface area contributed by atoms with E-state index in [0.29, 0.717) is 38.9 Å². The van der Waals surface area contributed by atoms with Crippen LogP contribution in [0.4, 0.5) is 4.79 Å². The number of carbonyl (C=O) groups excluding carboxylic acids is 2. The van der Waals surface area contributed by atoms with Gasteiger partial charge >= 0.3 is 6.16 Å². The first-order valence-electron chi connectivity index (χ1n) is 16.0. The SMILES string of the molecule is C=CC[C@]1(C)[C@@H](O[Si](C)(C)C(C)(C)C)C[C@H]2OC[C@@]2(OCc2ccccc2)[C@H]1[C@@H]1OC(=O)O[C@]12CCC(C)C(=O)C2(C)C. The molecule has 0 aromatic heterocycles. The Balaban J connectivity index is 1.67. The number of ketones is 1. The Labute approximate surface area is 259 Å². The maximum Gasteiger partial charge on any atom is 0.509 e. The lowest BCUT2D eigenvalue weighted by Crippen LogP contribution is -2.78. The summed E-state index contributed by atoms with van der Waals surface area (Å²) in [6, 6.07) is 10.1. The van der Waals surface area contributed by atoms with Gasteiger partial charge in [0.05, 0.1) is 30.8 Å². The van der Waals surface area contributed by atoms with Gasteiger partial charge in [0.15, 0.2) is 20.0 Å². The lowest BCUT2D eigenvalue weighted by Gasteiger charge is -2.67. The van der Waals surface area contributed by atoms with Crippen LogP contribution in [-0.4, -0.2) is 56.4 Å². The van der Waals surface area contributed by atoms with Crippen LogP contribution >= 0.6 is 0 Å². The Hall–Kier alpha value is -2.00. The monoisotopic (exact) mass is 612 g/mol. The summed E-state index contributed by atoms with van der Waals surface area (Å²) >= 11 is 0. The number of ether oxygens (including phenoxy) is 4. The molecule has 2 aliphatic carbocycles. The van der Waals surface area contributed by atoms with Crippen LogP contribution in [0.1, 0.15) is 79.7 Å². The third-order valence-corrected chi connectivity index (χ3v) is 16.4. The van der Waals surface area contributed by atoms with Gasteiger partial charge in [-0.05, 0) is 56.8 Å². The molecule has 0 bridgehead atoms. The molecular weight excluding hydrogens is 560 g/mol. The molecule has 1 unspecified atom stereocenters. The fourth-order valence-corrected chi connectivity index (χ4v) is 9.62. The van der Waals surface area contributed by atoms with Gasteiger partial charge in [0.25, 0.3) is 0 Å². The average molecular weight is 613 g/mol. The molecule has 7 nitrogen and oxygen atoms in total. The summed E-state index contributed by atoms with van der Waals surface area (Å²) in [7, 11) is -2.24. The normalized spacial score (nSPS) is 39.0. The fraction of sp³-hybridized carbons (Fsp3) is 0.714. The van der Waals surface area contributed by atoms with Crippen LogP contribution in [0.5, 0.6) is 0 Å². The van der Waals surface area contributed by atoms with E-state index in [1.807, 2.05) is 45.0 Å². The van der Waals surface area contributed by atoms with Gasteiger partial charge in [-0.3, -0.25) is 4.79 Å². The molecule has 2 heterocycles. The summed E-state index contributed by atoms with van der Waals surface area (Å²) < 4.78 is 33.2. The Bertz CT molecular complexity index is 1240. The number of cyclic esters (lactones) is 1. The van der Waals surface area contributed by atoms with Crippen molar-refractivity contribution in [2.75, 3.05) is 6.61 Å². The number of fused-ring (bicyclic) bond motifs is 1. The molecule has 0 radical (unpaired) electrons. The standard InChI is InChI=1S/C35H52O7Si/c1-11-18-33(8)25(42-43(9,10)31(3,4)5)20-26-34(22-38-26,39-21-24-15-13-12-14-16-24)27(33)29-35(41-30(37)40-29)19-17-23(2)28(36)32(35,6)7/h11-16,23,25-27,29H,1,17-22H2,2-10H3/t23?,25-,26+,27-,29-,33+,34-,35+/m0/s1. The van der Waals surface area contributed by atoms with Gasteiger partial charge in [0.1, 0.15) is 11.4 Å². The maximum atomic E-state index is 13.8. The van der Waals surface area contributed by atoms with E-state index >= 15 is 0 Å². The lowest BCUT2D eigenvalue weighted by molar-refractivity contribution is -0.353. The molecule has 8 atom stereocenters. The molecule has 0 N–H and O–H groups in total. The molecule has 2 saturated carbocycles. The van der Waals surface area contributed by atoms with Gasteiger partial charge in [-0.1, -0.05) is 71.0 Å². The summed E-state index contributed by atoms with van der Waals surface area (Å²) in [4.78, 5) is 27.1. The zero-order chi connectivity index (χ0) is 31.6. The summed E-state index contributed by atoms with van der Waals surface area (Å²) in [5, 5.41) is -0.00548. The predicted octanol–water partition coefficient (Wildman–Crippen LogP) is 7.63. The van der Waals surface area contributed by atoms with E-state index < -0.39 is 42.6 Å². The highest BCUT2D eigenvalue weighted by Crippen LogP contribution is 2.64. The van der Waals surface area contributed by atoms with Crippen molar-refractivity contribution >= 4 is 20.3 Å². The average Bonchev–Trinajstić information content (AvgIpc) is 3.25. The van der Waals surface area contributed by atoms with Crippen molar-refractivity contribution < 1.29 is 33.0 Å². The zero-order valence-corrected chi connectivity index (χ0v) is 28.7. The molecular formula is C35H52O7Si. The third kappa shape index (κ3) is 4.95. The highest BCUT2D eigenvalue weighted by Gasteiger charge is 2.76. The molecule has 4 aliphatic rings. The number of hydrogen-bond acceptors (Lipinski definition) is 7. The van der Waals surface area contributed by atoms with Crippen molar-refractivity contribution in [3.8, 4) is 0 Å². The second kappa shape index (κ2) is 10.8. The molecule has 1 aromatic carbocycles. The predicted molar refractivity (Wildman–Crippen MR) is 168 cm³/mol. The quantitative estimate of drug-likeness (QED) is 0.170. The van der Waals surface area contributed by atoms with Crippen molar-refractivity contribution in [1.82, 2.24) is 0 Å². The minimum absolute atomic E-state index is 0.00548. The first-order valence-corrected chi connectivity index (χ1v) is 18.9. The van der Waals surface area contributed by atoms with Crippen LogP contribution in [0.2, 0.25) is 18.1 Å². The second-order valence-corrected chi connectivity index (χ2v) is 20.6. The van der Waals surface area contributed by atoms with Crippen molar-refractivity contribution in [3.63, 3.8) is 0 Å². The summed E-state index contributed by atoms with van der Waals surface area (Å²) in [6.07, 6.45) is 2.49. The van der Waals surface area contributed by atoms with Crippen LogP contribution < -0.4 is 0 Å². The molecule has 8 heteroatoms. The van der Waals surface area contributed by atoms with Gasteiger partial charge in [-0.15, -0.1) is 6.58 Å². The minimum Gasteiger partial charge on any atom is -0.426 e. The lowest BCUT2D eigenvalue weighted by atomic mass is 9.48. The Kier molecular flexibility index (Phi) is 8.15. The molecule has 2 saturated heterocycles. The molecule has 2 aliphatic heterocycles. The molecule has 1 aromatic rings. The van der Waals surface area contributed by atoms with Crippen LogP contribution in [0.3, 0.4) is 0 Å². The van der Waals surface area contributed by atoms with Crippen molar-refractivity contribution in [1.29, 1.82) is 0 Å². The van der Waals surface area contributed by atoms with E-state index in [-0.39, 0.29) is 34.9 Å². The number of carbonyl (C=O) groups is 2. The first kappa shape index (κ1) is 32.4. The summed E-state index contributed by atoms with van der Waals surface area (Å²) in [6.45, 7) is 24.3. The largest absolute Gasteiger partial charge is 0.509 e. The molecule has 43 heavy (non-hydrogen) atoms. The fourth-order valence-electron chi connectivity index (χ4n) is 8.19. The van der Waals surface area contributed by atoms with Gasteiger partial charge in [-0.25, -0.2) is 4.79 Å². The molecule has 5 rings (SSSR count). The van der Waals surface area contributed by atoms with E-state index in [4.69, 9.17) is 23.4 Å². The van der Waals surface area contributed by atoms with Crippen molar-refractivity contribution in [2.24, 2.45) is 22.7 Å². The van der Waals surface area contributed by atoms with E-state index in [2.05, 4.69) is 59.5 Å². The molecule has 238 valence electrons. The van der Waals surface area contributed by atoms with E-state index in [9.17, 15) is 9.59 Å². The van der Waals surface area contributed by atoms with Crippen molar-refractivity contribution in [3.05, 3.63) is 48.6 Å². The van der Waals surface area contributed by atoms with E-state index in [0.717, 1.165) is 5.56 Å². The zero-order valence-electron chi connectivity index (χ0n) is 27.7. The van der Waals surface area contributed by atoms with Gasteiger partial charge in [-0.2, -0.15) is 0 Å². The number of Topliss-reactive ketones (excluding diaryl/α,β-unsaturated/α-hetero) is 1. The van der Waals surface area contributed by atoms with Crippen molar-refractivity contribution in [2.45, 2.75) is 128 Å². The summed E-state index contributed by atoms with van der Waals surface area (Å²) in [5.74, 6) is -0.404. The van der Waals surface area contributed by atoms with Crippen LogP contribution in [-0.2, 0) is 34.8 Å². The highest BCUT2D eigenvalue weighted by atomic mass is 28.4.